The van der Waals surface area contributed by atoms with E-state index >= 15 is 0 Å². The summed E-state index contributed by atoms with van der Waals surface area (Å²) in [5, 5.41) is 2.76. The summed E-state index contributed by atoms with van der Waals surface area (Å²) in [4.78, 5) is 11.1. The minimum Gasteiger partial charge on any atom is -0.326 e. The van der Waals surface area contributed by atoms with Crippen LogP contribution in [0.3, 0.4) is 0 Å². The van der Waals surface area contributed by atoms with Crippen LogP contribution in [0.4, 0.5) is 5.69 Å². The van der Waals surface area contributed by atoms with Crippen molar-refractivity contribution in [3.05, 3.63) is 29.3 Å². The van der Waals surface area contributed by atoms with Gasteiger partial charge in [-0.25, -0.2) is 0 Å². The molecule has 3 N–H and O–H groups in total. The van der Waals surface area contributed by atoms with Crippen molar-refractivity contribution < 1.29 is 4.79 Å². The first-order valence-corrected chi connectivity index (χ1v) is 5.01. The van der Waals surface area contributed by atoms with E-state index in [-0.39, 0.29) is 11.7 Å². The zero-order valence-electron chi connectivity index (χ0n) is 8.08. The van der Waals surface area contributed by atoms with Crippen LogP contribution in [0.2, 0.25) is 0 Å². The molecule has 1 amide bonds. The van der Waals surface area contributed by atoms with Gasteiger partial charge < -0.3 is 11.1 Å². The highest BCUT2D eigenvalue weighted by atomic mass is 32.1. The van der Waals surface area contributed by atoms with Crippen LogP contribution in [-0.2, 0) is 11.3 Å². The van der Waals surface area contributed by atoms with Crippen LogP contribution >= 0.6 is 12.6 Å². The number of carbonyl (C=O) groups excluding carboxylic acids is 1. The Hall–Kier alpha value is -1.00. The second-order valence-corrected chi connectivity index (χ2v) is 3.39. The molecule has 0 aliphatic heterocycles. The average molecular weight is 210 g/mol. The molecule has 4 heteroatoms. The highest BCUT2D eigenvalue weighted by Crippen LogP contribution is 2.16. The normalized spacial score (nSPS) is 9.93. The van der Waals surface area contributed by atoms with Crippen LogP contribution in [0.5, 0.6) is 0 Å². The maximum atomic E-state index is 11.1. The predicted molar refractivity (Wildman–Crippen MR) is 61.6 cm³/mol. The highest BCUT2D eigenvalue weighted by molar-refractivity contribution is 7.81. The molecule has 0 fully saturated rings. The smallest absolute Gasteiger partial charge is 0.234 e. The largest absolute Gasteiger partial charge is 0.326 e. The molecule has 1 aromatic rings. The number of amides is 1. The zero-order chi connectivity index (χ0) is 10.6. The molecule has 0 radical (unpaired) electrons. The van der Waals surface area contributed by atoms with E-state index in [0.29, 0.717) is 6.54 Å². The molecule has 0 unspecified atom stereocenters. The second-order valence-electron chi connectivity index (χ2n) is 3.07. The van der Waals surface area contributed by atoms with Crippen LogP contribution in [-0.4, -0.2) is 11.7 Å². The van der Waals surface area contributed by atoms with Crippen molar-refractivity contribution in [3.8, 4) is 0 Å². The Bertz CT molecular complexity index is 339. The molecular weight excluding hydrogens is 196 g/mol. The Balaban J connectivity index is 2.93. The molecule has 0 spiro atoms. The molecule has 14 heavy (non-hydrogen) atoms. The summed E-state index contributed by atoms with van der Waals surface area (Å²) in [5.41, 5.74) is 8.36. The van der Waals surface area contributed by atoms with Crippen molar-refractivity contribution >= 4 is 24.2 Å². The highest BCUT2D eigenvalue weighted by Gasteiger charge is 2.04. The van der Waals surface area contributed by atoms with E-state index in [1.807, 2.05) is 25.1 Å². The van der Waals surface area contributed by atoms with E-state index in [2.05, 4.69) is 17.9 Å². The van der Waals surface area contributed by atoms with E-state index in [4.69, 9.17) is 5.73 Å². The number of rotatable bonds is 3. The Morgan fingerprint density at radius 1 is 1.57 bits per heavy atom. The number of hydrogen-bond donors (Lipinski definition) is 3. The Kier molecular flexibility index (Phi) is 3.98. The summed E-state index contributed by atoms with van der Waals surface area (Å²) < 4.78 is 0. The fourth-order valence-electron chi connectivity index (χ4n) is 1.17. The van der Waals surface area contributed by atoms with Crippen molar-refractivity contribution in [2.45, 2.75) is 13.5 Å². The maximum Gasteiger partial charge on any atom is 0.234 e. The van der Waals surface area contributed by atoms with Gasteiger partial charge in [0.05, 0.1) is 5.75 Å². The zero-order valence-corrected chi connectivity index (χ0v) is 8.97. The molecule has 0 heterocycles. The lowest BCUT2D eigenvalue weighted by Gasteiger charge is -2.09. The van der Waals surface area contributed by atoms with E-state index in [9.17, 15) is 4.79 Å². The summed E-state index contributed by atoms with van der Waals surface area (Å²) in [7, 11) is 0. The van der Waals surface area contributed by atoms with E-state index in [0.717, 1.165) is 16.8 Å². The minimum atomic E-state index is -0.117. The number of carbonyl (C=O) groups is 1. The van der Waals surface area contributed by atoms with E-state index < -0.39 is 0 Å². The molecule has 0 atom stereocenters. The minimum absolute atomic E-state index is 0.117. The van der Waals surface area contributed by atoms with Gasteiger partial charge in [-0.1, -0.05) is 12.1 Å². The summed E-state index contributed by atoms with van der Waals surface area (Å²) in [6, 6.07) is 5.80. The molecule has 1 aromatic carbocycles. The fourth-order valence-corrected chi connectivity index (χ4v) is 1.25. The molecule has 0 bridgehead atoms. The monoisotopic (exact) mass is 210 g/mol. The van der Waals surface area contributed by atoms with Gasteiger partial charge in [0.15, 0.2) is 0 Å². The number of aryl methyl sites for hydroxylation is 1. The molecule has 0 aliphatic carbocycles. The molecule has 0 saturated heterocycles. The average Bonchev–Trinajstić information content (AvgIpc) is 2.18. The first kappa shape index (κ1) is 11.1. The molecule has 3 nitrogen and oxygen atoms in total. The number of benzene rings is 1. The molecule has 0 saturated carbocycles. The number of thiol groups is 1. The number of nitrogens with two attached hydrogens (primary N) is 1. The third-order valence-corrected chi connectivity index (χ3v) is 2.19. The van der Waals surface area contributed by atoms with Gasteiger partial charge in [-0.15, -0.1) is 0 Å². The fraction of sp³-hybridized carbons (Fsp3) is 0.300. The standard InChI is InChI=1S/C10H14N2OS/c1-7-2-3-8(5-11)9(4-7)12-10(13)6-14/h2-4,14H,5-6,11H2,1H3,(H,12,13). The third-order valence-electron chi connectivity index (χ3n) is 1.90. The van der Waals surface area contributed by atoms with Crippen molar-refractivity contribution in [2.75, 3.05) is 11.1 Å². The molecular formula is C10H14N2OS. The third kappa shape index (κ3) is 2.75. The summed E-state index contributed by atoms with van der Waals surface area (Å²) in [6.45, 7) is 2.39. The van der Waals surface area contributed by atoms with Crippen molar-refractivity contribution in [1.29, 1.82) is 0 Å². The van der Waals surface area contributed by atoms with Gasteiger partial charge in [0.25, 0.3) is 0 Å². The van der Waals surface area contributed by atoms with Crippen molar-refractivity contribution in [2.24, 2.45) is 5.73 Å². The number of nitrogens with one attached hydrogen (secondary N) is 1. The topological polar surface area (TPSA) is 55.1 Å². The van der Waals surface area contributed by atoms with Crippen LogP contribution in [0, 0.1) is 6.92 Å². The Labute approximate surface area is 89.1 Å². The van der Waals surface area contributed by atoms with E-state index in [1.165, 1.54) is 0 Å². The number of anilines is 1. The summed E-state index contributed by atoms with van der Waals surface area (Å²) in [5.74, 6) is 0.0615. The molecule has 76 valence electrons. The molecule has 0 aliphatic rings. The first-order valence-electron chi connectivity index (χ1n) is 4.37. The van der Waals surface area contributed by atoms with Gasteiger partial charge >= 0.3 is 0 Å². The van der Waals surface area contributed by atoms with Gasteiger partial charge in [-0.05, 0) is 24.1 Å². The summed E-state index contributed by atoms with van der Waals surface area (Å²) >= 11 is 3.89. The van der Waals surface area contributed by atoms with Crippen LogP contribution in [0.1, 0.15) is 11.1 Å². The maximum absolute atomic E-state index is 11.1. The Morgan fingerprint density at radius 3 is 2.86 bits per heavy atom. The molecule has 0 aromatic heterocycles. The lowest BCUT2D eigenvalue weighted by Crippen LogP contribution is -2.15. The van der Waals surface area contributed by atoms with Crippen molar-refractivity contribution in [3.63, 3.8) is 0 Å². The number of hydrogen-bond acceptors (Lipinski definition) is 3. The van der Waals surface area contributed by atoms with E-state index in [1.54, 1.807) is 0 Å². The Morgan fingerprint density at radius 2 is 2.29 bits per heavy atom. The summed E-state index contributed by atoms with van der Waals surface area (Å²) in [6.07, 6.45) is 0. The lowest BCUT2D eigenvalue weighted by molar-refractivity contribution is -0.113. The van der Waals surface area contributed by atoms with Crippen LogP contribution in [0.15, 0.2) is 18.2 Å². The molecule has 1 rings (SSSR count). The van der Waals surface area contributed by atoms with Crippen molar-refractivity contribution in [1.82, 2.24) is 0 Å². The van der Waals surface area contributed by atoms with Gasteiger partial charge in [0.1, 0.15) is 0 Å². The SMILES string of the molecule is Cc1ccc(CN)c(NC(=O)CS)c1. The first-order chi connectivity index (χ1) is 6.67. The van der Waals surface area contributed by atoms with Gasteiger partial charge in [0.2, 0.25) is 5.91 Å². The predicted octanol–water partition coefficient (Wildman–Crippen LogP) is 1.32. The second kappa shape index (κ2) is 5.02. The quantitative estimate of drug-likeness (QED) is 0.659. The van der Waals surface area contributed by atoms with Crippen LogP contribution < -0.4 is 11.1 Å². The van der Waals surface area contributed by atoms with Gasteiger partial charge in [0, 0.05) is 12.2 Å². The van der Waals surface area contributed by atoms with Gasteiger partial charge in [-0.3, -0.25) is 4.79 Å². The lowest BCUT2D eigenvalue weighted by atomic mass is 10.1. The van der Waals surface area contributed by atoms with Gasteiger partial charge in [-0.2, -0.15) is 12.6 Å². The van der Waals surface area contributed by atoms with Crippen LogP contribution in [0.25, 0.3) is 0 Å².